The van der Waals surface area contributed by atoms with Crippen molar-refractivity contribution in [2.75, 3.05) is 37.7 Å². The number of hydrogen-bond donors (Lipinski definition) is 1. The van der Waals surface area contributed by atoms with Crippen molar-refractivity contribution in [3.8, 4) is 6.01 Å². The highest BCUT2D eigenvalue weighted by Crippen LogP contribution is 2.48. The Balaban J connectivity index is 1.05. The minimum atomic E-state index is -0.882. The quantitative estimate of drug-likeness (QED) is 0.424. The highest BCUT2D eigenvalue weighted by Gasteiger charge is 2.57. The second-order valence-electron chi connectivity index (χ2n) is 11.3. The summed E-state index contributed by atoms with van der Waals surface area (Å²) in [5, 5.41) is 3.13. The summed E-state index contributed by atoms with van der Waals surface area (Å²) in [6.45, 7) is 2.93. The Bertz CT molecular complexity index is 1440. The molecule has 0 bridgehead atoms. The average Bonchev–Trinajstić information content (AvgIpc) is 3.29. The molecule has 1 saturated carbocycles. The van der Waals surface area contributed by atoms with Crippen LogP contribution in [0, 0.1) is 17.7 Å². The van der Waals surface area contributed by atoms with Gasteiger partial charge in [-0.3, -0.25) is 4.90 Å². The standard InChI is InChI=1S/C28H29ClF2N6O3/c29-24-21(31)23-18(10-32-24)25(35-26(33-23)40-15-28-7-4-8-37(28)11-17(30)9-28)36-12-19-20(13-36)22(19)34-27(38)39-14-16-5-2-1-3-6-16/h1-3,5-6,10,17,19-20,22H,4,7-9,11-15H2,(H,34,38)/t17-,19-,20+,22?,28+/m1/s1. The van der Waals surface area contributed by atoms with E-state index in [0.29, 0.717) is 37.3 Å². The first-order valence-electron chi connectivity index (χ1n) is 13.7. The largest absolute Gasteiger partial charge is 0.461 e. The molecule has 9 nitrogen and oxygen atoms in total. The Morgan fingerprint density at radius 2 is 1.98 bits per heavy atom. The zero-order valence-corrected chi connectivity index (χ0v) is 22.5. The van der Waals surface area contributed by atoms with Crippen molar-refractivity contribution in [2.24, 2.45) is 11.8 Å². The number of carbonyl (C=O) groups is 1. The van der Waals surface area contributed by atoms with Crippen LogP contribution in [0.5, 0.6) is 6.01 Å². The second-order valence-corrected chi connectivity index (χ2v) is 11.6. The van der Waals surface area contributed by atoms with Crippen molar-refractivity contribution in [2.45, 2.75) is 43.6 Å². The van der Waals surface area contributed by atoms with Gasteiger partial charge < -0.3 is 19.7 Å². The van der Waals surface area contributed by atoms with Gasteiger partial charge in [-0.25, -0.2) is 18.6 Å². The Morgan fingerprint density at radius 3 is 2.77 bits per heavy atom. The Kier molecular flexibility index (Phi) is 6.38. The predicted octanol–water partition coefficient (Wildman–Crippen LogP) is 4.13. The van der Waals surface area contributed by atoms with Crippen molar-refractivity contribution in [1.82, 2.24) is 25.2 Å². The zero-order chi connectivity index (χ0) is 27.4. The van der Waals surface area contributed by atoms with E-state index >= 15 is 4.39 Å². The molecule has 3 saturated heterocycles. The maximum Gasteiger partial charge on any atom is 0.407 e. The van der Waals surface area contributed by atoms with E-state index in [1.165, 1.54) is 6.20 Å². The normalized spacial score (nSPS) is 28.9. The van der Waals surface area contributed by atoms with E-state index in [1.807, 2.05) is 35.2 Å². The molecule has 40 heavy (non-hydrogen) atoms. The van der Waals surface area contributed by atoms with Crippen LogP contribution in [0.15, 0.2) is 36.5 Å². The van der Waals surface area contributed by atoms with Gasteiger partial charge in [-0.05, 0) is 24.9 Å². The maximum atomic E-state index is 15.1. The summed E-state index contributed by atoms with van der Waals surface area (Å²) in [5.74, 6) is 0.212. The number of anilines is 1. The van der Waals surface area contributed by atoms with Gasteiger partial charge in [-0.2, -0.15) is 9.97 Å². The lowest BCUT2D eigenvalue weighted by atomic mass is 9.95. The highest BCUT2D eigenvalue weighted by molar-refractivity contribution is 6.30. The topological polar surface area (TPSA) is 92.7 Å². The predicted molar refractivity (Wildman–Crippen MR) is 144 cm³/mol. The number of fused-ring (bicyclic) bond motifs is 3. The molecule has 0 radical (unpaired) electrons. The van der Waals surface area contributed by atoms with E-state index in [-0.39, 0.29) is 53.3 Å². The molecule has 1 N–H and O–H groups in total. The molecule has 1 aliphatic carbocycles. The summed E-state index contributed by atoms with van der Waals surface area (Å²) < 4.78 is 40.7. The molecule has 5 heterocycles. The Labute approximate surface area is 234 Å². The third kappa shape index (κ3) is 4.58. The van der Waals surface area contributed by atoms with Crippen LogP contribution < -0.4 is 15.0 Å². The first-order chi connectivity index (χ1) is 19.4. The maximum absolute atomic E-state index is 15.1. The van der Waals surface area contributed by atoms with Gasteiger partial charge in [0.2, 0.25) is 0 Å². The number of halogens is 3. The number of piperidine rings is 1. The third-order valence-electron chi connectivity index (χ3n) is 8.82. The number of pyridine rings is 1. The molecule has 0 spiro atoms. The molecule has 1 amide bonds. The van der Waals surface area contributed by atoms with Crippen LogP contribution in [0.4, 0.5) is 19.4 Å². The van der Waals surface area contributed by atoms with Crippen LogP contribution >= 0.6 is 11.6 Å². The van der Waals surface area contributed by atoms with Crippen LogP contribution in [0.25, 0.3) is 10.9 Å². The summed E-state index contributed by atoms with van der Waals surface area (Å²) in [4.78, 5) is 29.5. The highest BCUT2D eigenvalue weighted by atomic mass is 35.5. The summed E-state index contributed by atoms with van der Waals surface area (Å²) in [5.41, 5.74) is 0.581. The number of nitrogens with one attached hydrogen (secondary N) is 1. The first kappa shape index (κ1) is 25.6. The molecule has 4 aliphatic rings. The van der Waals surface area contributed by atoms with E-state index in [0.717, 1.165) is 24.9 Å². The molecule has 3 aromatic rings. The summed E-state index contributed by atoms with van der Waals surface area (Å²) >= 11 is 5.98. The molecule has 7 rings (SSSR count). The molecular formula is C28H29ClF2N6O3. The van der Waals surface area contributed by atoms with Gasteiger partial charge in [0.05, 0.1) is 10.9 Å². The minimum Gasteiger partial charge on any atom is -0.461 e. The van der Waals surface area contributed by atoms with E-state index in [1.54, 1.807) is 0 Å². The number of rotatable bonds is 7. The van der Waals surface area contributed by atoms with E-state index < -0.39 is 18.1 Å². The van der Waals surface area contributed by atoms with Crippen molar-refractivity contribution >= 4 is 34.4 Å². The van der Waals surface area contributed by atoms with Crippen LogP contribution in [0.1, 0.15) is 24.8 Å². The fourth-order valence-electron chi connectivity index (χ4n) is 6.77. The number of aromatic nitrogens is 3. The average molecular weight is 571 g/mol. The number of benzene rings is 1. The lowest BCUT2D eigenvalue weighted by molar-refractivity contribution is 0.107. The van der Waals surface area contributed by atoms with Gasteiger partial charge in [-0.15, -0.1) is 0 Å². The number of nitrogens with zero attached hydrogens (tertiary/aromatic N) is 5. The fourth-order valence-corrected chi connectivity index (χ4v) is 6.91. The number of alkyl carbamates (subject to hydrolysis) is 1. The lowest BCUT2D eigenvalue weighted by Crippen LogP contribution is -2.43. The lowest BCUT2D eigenvalue weighted by Gasteiger charge is -2.31. The number of alkyl halides is 1. The van der Waals surface area contributed by atoms with E-state index in [2.05, 4.69) is 25.2 Å². The number of ether oxygens (including phenoxy) is 2. The second kappa shape index (κ2) is 9.95. The molecule has 5 atom stereocenters. The van der Waals surface area contributed by atoms with Crippen molar-refractivity contribution in [3.63, 3.8) is 0 Å². The van der Waals surface area contributed by atoms with Crippen LogP contribution in [-0.4, -0.2) is 76.5 Å². The summed E-state index contributed by atoms with van der Waals surface area (Å²) in [7, 11) is 0. The van der Waals surface area contributed by atoms with Gasteiger partial charge >= 0.3 is 12.1 Å². The smallest absolute Gasteiger partial charge is 0.407 e. The van der Waals surface area contributed by atoms with Gasteiger partial charge in [0.15, 0.2) is 11.0 Å². The number of amides is 1. The summed E-state index contributed by atoms with van der Waals surface area (Å²) in [6.07, 6.45) is 2.39. The van der Waals surface area contributed by atoms with Gasteiger partial charge in [-0.1, -0.05) is 41.9 Å². The zero-order valence-electron chi connectivity index (χ0n) is 21.7. The number of carbonyl (C=O) groups excluding carboxylic acids is 1. The fraction of sp³-hybridized carbons (Fsp3) is 0.500. The van der Waals surface area contributed by atoms with Gasteiger partial charge in [0.1, 0.15) is 30.7 Å². The molecule has 4 fully saturated rings. The molecule has 210 valence electrons. The minimum absolute atomic E-state index is 0.0103. The summed E-state index contributed by atoms with van der Waals surface area (Å²) in [6, 6.07) is 9.56. The molecule has 3 aliphatic heterocycles. The first-order valence-corrected chi connectivity index (χ1v) is 14.0. The van der Waals surface area contributed by atoms with Gasteiger partial charge in [0, 0.05) is 50.1 Å². The Morgan fingerprint density at radius 1 is 1.18 bits per heavy atom. The molecular weight excluding hydrogens is 542 g/mol. The van der Waals surface area contributed by atoms with E-state index in [9.17, 15) is 9.18 Å². The van der Waals surface area contributed by atoms with Gasteiger partial charge in [0.25, 0.3) is 0 Å². The molecule has 12 heteroatoms. The SMILES string of the molecule is O=C(NC1[C@H]2CN(c3nc(OC[C@@]45CCCN4C[C@H](F)C5)nc4c(F)c(Cl)ncc34)C[C@@H]12)OCc1ccccc1. The number of hydrogen-bond acceptors (Lipinski definition) is 8. The molecule has 1 aromatic carbocycles. The van der Waals surface area contributed by atoms with Crippen molar-refractivity contribution in [1.29, 1.82) is 0 Å². The molecule has 1 unspecified atom stereocenters. The monoisotopic (exact) mass is 570 g/mol. The van der Waals surface area contributed by atoms with Crippen LogP contribution in [0.2, 0.25) is 5.15 Å². The molecule has 2 aromatic heterocycles. The van der Waals surface area contributed by atoms with Crippen LogP contribution in [0.3, 0.4) is 0 Å². The third-order valence-corrected chi connectivity index (χ3v) is 9.09. The van der Waals surface area contributed by atoms with Crippen molar-refractivity contribution in [3.05, 3.63) is 53.1 Å². The van der Waals surface area contributed by atoms with E-state index in [4.69, 9.17) is 21.1 Å². The Hall–Kier alpha value is -3.31. The van der Waals surface area contributed by atoms with Crippen molar-refractivity contribution < 1.29 is 23.0 Å². The van der Waals surface area contributed by atoms with Crippen LogP contribution in [-0.2, 0) is 11.3 Å².